The van der Waals surface area contributed by atoms with Crippen molar-refractivity contribution in [3.8, 4) is 11.4 Å². The van der Waals surface area contributed by atoms with Crippen LogP contribution in [0.1, 0.15) is 73.9 Å². The Morgan fingerprint density at radius 1 is 1.12 bits per heavy atom. The Hall–Kier alpha value is -2.83. The van der Waals surface area contributed by atoms with Gasteiger partial charge in [0.15, 0.2) is 0 Å². The number of methoxy groups -OCH3 is 1. The molecule has 1 aromatic heterocycles. The molecule has 7 nitrogen and oxygen atoms in total. The molecule has 0 aliphatic rings. The number of hydrogen-bond donors (Lipinski definition) is 1. The molecule has 0 saturated carbocycles. The van der Waals surface area contributed by atoms with Crippen molar-refractivity contribution in [2.24, 2.45) is 11.3 Å². The number of ether oxygens (including phenoxy) is 1. The predicted octanol–water partition coefficient (Wildman–Crippen LogP) is 5.43. The number of aromatic nitrogens is 2. The molecule has 7 heteroatoms. The number of carbonyl (C=O) groups excluding carboxylic acids is 2. The lowest BCUT2D eigenvalue weighted by molar-refractivity contribution is -0.135. The maximum Gasteiger partial charge on any atom is 0.245 e. The Bertz CT molecular complexity index is 965. The second-order valence-corrected chi connectivity index (χ2v) is 11.3. The van der Waals surface area contributed by atoms with Crippen molar-refractivity contribution >= 4 is 17.6 Å². The number of nitrogens with one attached hydrogen (secondary N) is 1. The Labute approximate surface area is 204 Å². The van der Waals surface area contributed by atoms with E-state index in [9.17, 15) is 9.59 Å². The summed E-state index contributed by atoms with van der Waals surface area (Å²) in [7, 11) is 1.62. The van der Waals surface area contributed by atoms with Gasteiger partial charge < -0.3 is 15.0 Å². The number of rotatable bonds is 9. The minimum atomic E-state index is -0.242. The van der Waals surface area contributed by atoms with Gasteiger partial charge in [-0.2, -0.15) is 5.10 Å². The first-order valence-electron chi connectivity index (χ1n) is 12.1. The number of likely N-dealkylation sites (N-methyl/N-ethyl adjacent to an activating group) is 1. The van der Waals surface area contributed by atoms with Crippen LogP contribution in [0.5, 0.6) is 5.75 Å². The summed E-state index contributed by atoms with van der Waals surface area (Å²) < 4.78 is 6.98. The highest BCUT2D eigenvalue weighted by atomic mass is 16.5. The van der Waals surface area contributed by atoms with Crippen molar-refractivity contribution in [3.05, 3.63) is 36.0 Å². The highest BCUT2D eigenvalue weighted by Crippen LogP contribution is 2.28. The Morgan fingerprint density at radius 2 is 1.74 bits per heavy atom. The third-order valence-corrected chi connectivity index (χ3v) is 5.62. The van der Waals surface area contributed by atoms with E-state index in [2.05, 4.69) is 53.8 Å². The summed E-state index contributed by atoms with van der Waals surface area (Å²) in [5.41, 5.74) is 1.65. The Kier molecular flexibility index (Phi) is 8.92. The van der Waals surface area contributed by atoms with Crippen molar-refractivity contribution < 1.29 is 14.3 Å². The maximum absolute atomic E-state index is 13.0. The first-order chi connectivity index (χ1) is 15.7. The molecule has 188 valence electrons. The van der Waals surface area contributed by atoms with Crippen molar-refractivity contribution in [3.63, 3.8) is 0 Å². The van der Waals surface area contributed by atoms with Crippen LogP contribution in [-0.4, -0.2) is 46.7 Å². The second kappa shape index (κ2) is 11.1. The highest BCUT2D eigenvalue weighted by Gasteiger charge is 2.24. The number of amides is 2. The monoisotopic (exact) mass is 470 g/mol. The van der Waals surface area contributed by atoms with Gasteiger partial charge in [0.25, 0.3) is 0 Å². The lowest BCUT2D eigenvalue weighted by Crippen LogP contribution is -2.38. The molecule has 2 rings (SSSR count). The smallest absolute Gasteiger partial charge is 0.245 e. The van der Waals surface area contributed by atoms with Crippen LogP contribution in [0.4, 0.5) is 5.82 Å². The molecule has 34 heavy (non-hydrogen) atoms. The summed E-state index contributed by atoms with van der Waals surface area (Å²) in [6, 6.07) is 9.40. The number of benzene rings is 1. The van der Waals surface area contributed by atoms with Crippen LogP contribution in [-0.2, 0) is 15.0 Å². The van der Waals surface area contributed by atoms with E-state index in [1.807, 2.05) is 37.3 Å². The van der Waals surface area contributed by atoms with Gasteiger partial charge in [-0.3, -0.25) is 9.59 Å². The number of anilines is 1. The van der Waals surface area contributed by atoms with E-state index in [-0.39, 0.29) is 35.1 Å². The average molecular weight is 471 g/mol. The molecule has 0 aliphatic carbocycles. The van der Waals surface area contributed by atoms with Crippen molar-refractivity contribution in [2.45, 2.75) is 73.6 Å². The fraction of sp³-hybridized carbons (Fsp3) is 0.593. The highest BCUT2D eigenvalue weighted by molar-refractivity contribution is 5.94. The van der Waals surface area contributed by atoms with Crippen molar-refractivity contribution in [1.29, 1.82) is 0 Å². The first-order valence-corrected chi connectivity index (χ1v) is 12.1. The van der Waals surface area contributed by atoms with E-state index < -0.39 is 0 Å². The third-order valence-electron chi connectivity index (χ3n) is 5.62. The fourth-order valence-electron chi connectivity index (χ4n) is 4.03. The molecule has 1 aromatic carbocycles. The van der Waals surface area contributed by atoms with Crippen LogP contribution >= 0.6 is 0 Å². The standard InChI is InChI=1S/C27H42N4O3/c1-10-30(25(33)15-19(2)17-26(3,4)5)18-24(32)28-23-16-22(27(6,7)8)29-31(23)20-11-13-21(34-9)14-12-20/h11-14,16,19H,10,15,17-18H2,1-9H3,(H,28,32). The zero-order valence-electron chi connectivity index (χ0n) is 22.4. The molecular weight excluding hydrogens is 428 g/mol. The summed E-state index contributed by atoms with van der Waals surface area (Å²) in [5, 5.41) is 7.73. The van der Waals surface area contributed by atoms with Crippen LogP contribution in [0.25, 0.3) is 5.69 Å². The third kappa shape index (κ3) is 7.89. The summed E-state index contributed by atoms with van der Waals surface area (Å²) in [6.07, 6.45) is 1.40. The van der Waals surface area contributed by atoms with Gasteiger partial charge in [-0.15, -0.1) is 0 Å². The van der Waals surface area contributed by atoms with E-state index in [1.165, 1.54) is 0 Å². The normalized spacial score (nSPS) is 12.9. The maximum atomic E-state index is 13.0. The molecule has 1 heterocycles. The summed E-state index contributed by atoms with van der Waals surface area (Å²) in [6.45, 7) is 17.3. The Morgan fingerprint density at radius 3 is 2.24 bits per heavy atom. The van der Waals surface area contributed by atoms with Gasteiger partial charge in [0.1, 0.15) is 11.6 Å². The van der Waals surface area contributed by atoms with E-state index in [0.29, 0.717) is 18.8 Å². The van der Waals surface area contributed by atoms with E-state index in [1.54, 1.807) is 16.7 Å². The molecule has 2 aromatic rings. The lowest BCUT2D eigenvalue weighted by Gasteiger charge is -2.26. The molecule has 0 bridgehead atoms. The van der Waals surface area contributed by atoms with Gasteiger partial charge in [-0.05, 0) is 48.9 Å². The van der Waals surface area contributed by atoms with Crippen LogP contribution in [0, 0.1) is 11.3 Å². The molecule has 0 radical (unpaired) electrons. The minimum absolute atomic E-state index is 0.00782. The fourth-order valence-corrected chi connectivity index (χ4v) is 4.03. The molecule has 0 spiro atoms. The second-order valence-electron chi connectivity index (χ2n) is 11.3. The quantitative estimate of drug-likeness (QED) is 0.530. The molecule has 1 unspecified atom stereocenters. The molecule has 0 saturated heterocycles. The molecule has 2 amide bonds. The summed E-state index contributed by atoms with van der Waals surface area (Å²) >= 11 is 0. The molecule has 1 atom stereocenters. The zero-order valence-corrected chi connectivity index (χ0v) is 22.4. The van der Waals surface area contributed by atoms with Gasteiger partial charge in [-0.25, -0.2) is 4.68 Å². The van der Waals surface area contributed by atoms with Crippen LogP contribution < -0.4 is 10.1 Å². The topological polar surface area (TPSA) is 76.5 Å². The van der Waals surface area contributed by atoms with E-state index >= 15 is 0 Å². The number of nitrogens with zero attached hydrogens (tertiary/aromatic N) is 3. The average Bonchev–Trinajstić information content (AvgIpc) is 3.14. The Balaban J connectivity index is 2.18. The summed E-state index contributed by atoms with van der Waals surface area (Å²) in [4.78, 5) is 27.5. The molecule has 0 aliphatic heterocycles. The van der Waals surface area contributed by atoms with E-state index in [4.69, 9.17) is 9.84 Å². The van der Waals surface area contributed by atoms with Crippen molar-refractivity contribution in [2.75, 3.05) is 25.5 Å². The van der Waals surface area contributed by atoms with Crippen LogP contribution in [0.2, 0.25) is 0 Å². The van der Waals surface area contributed by atoms with Gasteiger partial charge in [0, 0.05) is 24.4 Å². The SMILES string of the molecule is CCN(CC(=O)Nc1cc(C(C)(C)C)nn1-c1ccc(OC)cc1)C(=O)CC(C)CC(C)(C)C. The lowest BCUT2D eigenvalue weighted by atomic mass is 9.84. The zero-order chi connectivity index (χ0) is 25.7. The predicted molar refractivity (Wildman–Crippen MR) is 138 cm³/mol. The van der Waals surface area contributed by atoms with Gasteiger partial charge in [0.2, 0.25) is 11.8 Å². The van der Waals surface area contributed by atoms with E-state index in [0.717, 1.165) is 23.6 Å². The summed E-state index contributed by atoms with van der Waals surface area (Å²) in [5.74, 6) is 1.35. The number of carbonyl (C=O) groups is 2. The van der Waals surface area contributed by atoms with Gasteiger partial charge in [0.05, 0.1) is 25.0 Å². The van der Waals surface area contributed by atoms with Crippen LogP contribution in [0.3, 0.4) is 0 Å². The largest absolute Gasteiger partial charge is 0.497 e. The van der Waals surface area contributed by atoms with Crippen LogP contribution in [0.15, 0.2) is 30.3 Å². The molecular formula is C27H42N4O3. The number of hydrogen-bond acceptors (Lipinski definition) is 4. The minimum Gasteiger partial charge on any atom is -0.497 e. The van der Waals surface area contributed by atoms with Gasteiger partial charge in [-0.1, -0.05) is 48.5 Å². The molecule has 1 N–H and O–H groups in total. The van der Waals surface area contributed by atoms with Gasteiger partial charge >= 0.3 is 0 Å². The molecule has 0 fully saturated rings. The first kappa shape index (κ1) is 27.4. The van der Waals surface area contributed by atoms with Crippen molar-refractivity contribution in [1.82, 2.24) is 14.7 Å².